The highest BCUT2D eigenvalue weighted by Gasteiger charge is 2.07. The molecule has 1 atom stereocenters. The van der Waals surface area contributed by atoms with Crippen LogP contribution in [0.2, 0.25) is 0 Å². The van der Waals surface area contributed by atoms with Gasteiger partial charge in [0.1, 0.15) is 18.2 Å². The predicted octanol–water partition coefficient (Wildman–Crippen LogP) is 2.35. The van der Waals surface area contributed by atoms with Gasteiger partial charge in [-0.05, 0) is 31.7 Å². The lowest BCUT2D eigenvalue weighted by Gasteiger charge is -2.15. The molecule has 0 heterocycles. The summed E-state index contributed by atoms with van der Waals surface area (Å²) in [4.78, 5) is 0. The first-order valence-electron chi connectivity index (χ1n) is 5.82. The average molecular weight is 241 g/mol. The molecular formula is C13H20FNO2. The second kappa shape index (κ2) is 7.25. The van der Waals surface area contributed by atoms with Gasteiger partial charge in [-0.3, -0.25) is 0 Å². The van der Waals surface area contributed by atoms with Gasteiger partial charge in [-0.2, -0.15) is 0 Å². The lowest BCUT2D eigenvalue weighted by atomic mass is 10.2. The summed E-state index contributed by atoms with van der Waals surface area (Å²) in [5.74, 6) is 0.460. The molecular weight excluding hydrogens is 221 g/mol. The molecule has 0 radical (unpaired) electrons. The van der Waals surface area contributed by atoms with Crippen molar-refractivity contribution in [2.75, 3.05) is 20.3 Å². The monoisotopic (exact) mass is 241 g/mol. The molecule has 96 valence electrons. The molecule has 0 saturated heterocycles. The van der Waals surface area contributed by atoms with Crippen LogP contribution in [-0.4, -0.2) is 26.4 Å². The number of nitrogens with one attached hydrogen (secondary N) is 1. The topological polar surface area (TPSA) is 30.5 Å². The van der Waals surface area contributed by atoms with E-state index in [9.17, 15) is 4.39 Å². The van der Waals surface area contributed by atoms with Crippen LogP contribution in [-0.2, 0) is 11.3 Å². The SMILES string of the molecule is CCNCc1cc(F)ccc1OCC(C)OC. The Hall–Kier alpha value is -1.13. The van der Waals surface area contributed by atoms with Crippen molar-refractivity contribution in [2.45, 2.75) is 26.5 Å². The van der Waals surface area contributed by atoms with E-state index in [1.165, 1.54) is 12.1 Å². The number of methoxy groups -OCH3 is 1. The number of hydrogen-bond acceptors (Lipinski definition) is 3. The van der Waals surface area contributed by atoms with Gasteiger partial charge in [0.25, 0.3) is 0 Å². The summed E-state index contributed by atoms with van der Waals surface area (Å²) in [6.45, 7) is 5.83. The zero-order valence-corrected chi connectivity index (χ0v) is 10.6. The molecule has 1 aromatic carbocycles. The zero-order valence-electron chi connectivity index (χ0n) is 10.6. The minimum Gasteiger partial charge on any atom is -0.491 e. The van der Waals surface area contributed by atoms with Crippen LogP contribution in [0.5, 0.6) is 5.75 Å². The maximum atomic E-state index is 13.1. The van der Waals surface area contributed by atoms with Gasteiger partial charge in [-0.1, -0.05) is 6.92 Å². The third kappa shape index (κ3) is 4.71. The largest absolute Gasteiger partial charge is 0.491 e. The van der Waals surface area contributed by atoms with Crippen molar-refractivity contribution in [3.05, 3.63) is 29.6 Å². The maximum Gasteiger partial charge on any atom is 0.124 e. The van der Waals surface area contributed by atoms with Crippen LogP contribution in [0.1, 0.15) is 19.4 Å². The molecule has 0 aliphatic carbocycles. The van der Waals surface area contributed by atoms with Crippen molar-refractivity contribution in [3.63, 3.8) is 0 Å². The molecule has 1 unspecified atom stereocenters. The molecule has 0 aliphatic rings. The van der Waals surface area contributed by atoms with Crippen molar-refractivity contribution in [1.29, 1.82) is 0 Å². The first-order valence-corrected chi connectivity index (χ1v) is 5.82. The van der Waals surface area contributed by atoms with Crippen molar-refractivity contribution in [3.8, 4) is 5.75 Å². The Bertz CT molecular complexity index is 344. The van der Waals surface area contributed by atoms with Crippen LogP contribution in [0.25, 0.3) is 0 Å². The number of hydrogen-bond donors (Lipinski definition) is 1. The van der Waals surface area contributed by atoms with Crippen molar-refractivity contribution in [1.82, 2.24) is 5.32 Å². The minimum absolute atomic E-state index is 0.0204. The molecule has 1 rings (SSSR count). The van der Waals surface area contributed by atoms with Crippen LogP contribution < -0.4 is 10.1 Å². The van der Waals surface area contributed by atoms with Gasteiger partial charge in [0.05, 0.1) is 6.10 Å². The van der Waals surface area contributed by atoms with Crippen LogP contribution in [0.4, 0.5) is 4.39 Å². The summed E-state index contributed by atoms with van der Waals surface area (Å²) >= 11 is 0. The van der Waals surface area contributed by atoms with E-state index in [1.807, 2.05) is 13.8 Å². The van der Waals surface area contributed by atoms with Gasteiger partial charge in [0.15, 0.2) is 0 Å². The van der Waals surface area contributed by atoms with E-state index < -0.39 is 0 Å². The third-order valence-electron chi connectivity index (χ3n) is 2.46. The Morgan fingerprint density at radius 3 is 2.82 bits per heavy atom. The van der Waals surface area contributed by atoms with Gasteiger partial charge in [0, 0.05) is 19.2 Å². The van der Waals surface area contributed by atoms with Crippen LogP contribution in [0.3, 0.4) is 0 Å². The average Bonchev–Trinajstić information content (AvgIpc) is 2.34. The summed E-state index contributed by atoms with van der Waals surface area (Å²) in [6.07, 6.45) is 0.0204. The highest BCUT2D eigenvalue weighted by molar-refractivity contribution is 5.33. The summed E-state index contributed by atoms with van der Waals surface area (Å²) in [5.41, 5.74) is 0.829. The van der Waals surface area contributed by atoms with Gasteiger partial charge >= 0.3 is 0 Å². The predicted molar refractivity (Wildman–Crippen MR) is 65.7 cm³/mol. The zero-order chi connectivity index (χ0) is 12.7. The standard InChI is InChI=1S/C13H20FNO2/c1-4-15-8-11-7-12(14)5-6-13(11)17-9-10(2)16-3/h5-7,10,15H,4,8-9H2,1-3H3. The smallest absolute Gasteiger partial charge is 0.124 e. The Morgan fingerprint density at radius 1 is 1.41 bits per heavy atom. The Labute approximate surface area is 102 Å². The Morgan fingerprint density at radius 2 is 2.18 bits per heavy atom. The van der Waals surface area contributed by atoms with E-state index in [4.69, 9.17) is 9.47 Å². The molecule has 0 amide bonds. The van der Waals surface area contributed by atoms with Crippen LogP contribution in [0.15, 0.2) is 18.2 Å². The summed E-state index contributed by atoms with van der Waals surface area (Å²) in [6, 6.07) is 4.56. The van der Waals surface area contributed by atoms with Crippen molar-refractivity contribution < 1.29 is 13.9 Å². The Balaban J connectivity index is 2.68. The molecule has 0 fully saturated rings. The number of halogens is 1. The second-order valence-corrected chi connectivity index (χ2v) is 3.89. The molecule has 0 aromatic heterocycles. The quantitative estimate of drug-likeness (QED) is 0.795. The van der Waals surface area contributed by atoms with E-state index in [-0.39, 0.29) is 11.9 Å². The number of rotatable bonds is 7. The van der Waals surface area contributed by atoms with Crippen molar-refractivity contribution in [2.24, 2.45) is 0 Å². The number of benzene rings is 1. The molecule has 3 nitrogen and oxygen atoms in total. The summed E-state index contributed by atoms with van der Waals surface area (Å²) in [7, 11) is 1.64. The molecule has 0 aliphatic heterocycles. The molecule has 1 aromatic rings. The van der Waals surface area contributed by atoms with Crippen LogP contribution >= 0.6 is 0 Å². The summed E-state index contributed by atoms with van der Waals surface area (Å²) < 4.78 is 23.8. The molecule has 0 spiro atoms. The maximum absolute atomic E-state index is 13.1. The van der Waals surface area contributed by atoms with Gasteiger partial charge in [0.2, 0.25) is 0 Å². The van der Waals surface area contributed by atoms with E-state index in [0.29, 0.717) is 18.9 Å². The van der Waals surface area contributed by atoms with E-state index in [1.54, 1.807) is 13.2 Å². The fourth-order valence-corrected chi connectivity index (χ4v) is 1.36. The fourth-order valence-electron chi connectivity index (χ4n) is 1.36. The molecule has 0 bridgehead atoms. The number of ether oxygens (including phenoxy) is 2. The molecule has 0 saturated carbocycles. The molecule has 17 heavy (non-hydrogen) atoms. The molecule has 1 N–H and O–H groups in total. The normalized spacial score (nSPS) is 12.5. The van der Waals surface area contributed by atoms with E-state index >= 15 is 0 Å². The highest BCUT2D eigenvalue weighted by atomic mass is 19.1. The van der Waals surface area contributed by atoms with Gasteiger partial charge in [-0.15, -0.1) is 0 Å². The first kappa shape index (κ1) is 13.9. The fraction of sp³-hybridized carbons (Fsp3) is 0.538. The minimum atomic E-state index is -0.245. The first-order chi connectivity index (χ1) is 8.17. The van der Waals surface area contributed by atoms with E-state index in [0.717, 1.165) is 12.1 Å². The third-order valence-corrected chi connectivity index (χ3v) is 2.46. The lowest BCUT2D eigenvalue weighted by molar-refractivity contribution is 0.0712. The van der Waals surface area contributed by atoms with Crippen molar-refractivity contribution >= 4 is 0 Å². The van der Waals surface area contributed by atoms with E-state index in [2.05, 4.69) is 5.32 Å². The van der Waals surface area contributed by atoms with Gasteiger partial charge < -0.3 is 14.8 Å². The Kier molecular flexibility index (Phi) is 5.94. The second-order valence-electron chi connectivity index (χ2n) is 3.89. The lowest BCUT2D eigenvalue weighted by Crippen LogP contribution is -2.18. The van der Waals surface area contributed by atoms with Crippen LogP contribution in [0, 0.1) is 5.82 Å². The molecule has 4 heteroatoms. The summed E-state index contributed by atoms with van der Waals surface area (Å²) in [5, 5.41) is 3.16. The highest BCUT2D eigenvalue weighted by Crippen LogP contribution is 2.20. The van der Waals surface area contributed by atoms with Gasteiger partial charge in [-0.25, -0.2) is 4.39 Å².